The van der Waals surface area contributed by atoms with E-state index in [1.165, 1.54) is 4.80 Å². The average molecular weight is 558 g/mol. The number of amides is 2. The highest BCUT2D eigenvalue weighted by molar-refractivity contribution is 6.34. The lowest BCUT2D eigenvalue weighted by Gasteiger charge is -2.22. The molecule has 9 heteroatoms. The zero-order valence-electron chi connectivity index (χ0n) is 23.0. The van der Waals surface area contributed by atoms with Gasteiger partial charge in [0.15, 0.2) is 5.78 Å². The van der Waals surface area contributed by atoms with Gasteiger partial charge in [-0.2, -0.15) is 0 Å². The maximum absolute atomic E-state index is 12.8. The summed E-state index contributed by atoms with van der Waals surface area (Å²) in [5.41, 5.74) is 6.30. The van der Waals surface area contributed by atoms with E-state index in [9.17, 15) is 19.5 Å². The third kappa shape index (κ3) is 5.03. The van der Waals surface area contributed by atoms with E-state index in [1.807, 2.05) is 110 Å². The number of nitrogens with zero attached hydrogens (tertiary/aromatic N) is 4. The van der Waals surface area contributed by atoms with Gasteiger partial charge in [0.05, 0.1) is 12.0 Å². The SMILES string of the molecule is Cc1cc(CN(C)c2ccc(/C(=C3\C(=O)CC(=O)NC3=O)c3ccccc3)cc2)c(O)c(-n2nc3ccccc3n2)c1. The topological polar surface area (TPSA) is 117 Å². The minimum atomic E-state index is -0.693. The van der Waals surface area contributed by atoms with Gasteiger partial charge < -0.3 is 10.0 Å². The number of carbonyl (C=O) groups is 3. The number of phenols is 1. The molecule has 5 aromatic rings. The third-order valence-corrected chi connectivity index (χ3v) is 7.21. The number of ketones is 1. The maximum Gasteiger partial charge on any atom is 0.262 e. The average Bonchev–Trinajstić information content (AvgIpc) is 3.41. The van der Waals surface area contributed by atoms with Crippen molar-refractivity contribution in [3.8, 4) is 11.4 Å². The quantitative estimate of drug-likeness (QED) is 0.137. The zero-order valence-corrected chi connectivity index (χ0v) is 23.0. The molecule has 9 nitrogen and oxygen atoms in total. The van der Waals surface area contributed by atoms with Crippen molar-refractivity contribution >= 4 is 39.9 Å². The predicted octanol–water partition coefficient (Wildman–Crippen LogP) is 4.49. The second-order valence-electron chi connectivity index (χ2n) is 10.3. The van der Waals surface area contributed by atoms with E-state index < -0.39 is 17.6 Å². The van der Waals surface area contributed by atoms with Gasteiger partial charge >= 0.3 is 0 Å². The molecule has 0 aliphatic carbocycles. The lowest BCUT2D eigenvalue weighted by atomic mass is 9.88. The van der Waals surface area contributed by atoms with Crippen LogP contribution in [0.4, 0.5) is 5.69 Å². The number of rotatable bonds is 6. The molecular formula is C33H27N5O4. The summed E-state index contributed by atoms with van der Waals surface area (Å²) in [5, 5.41) is 22.5. The molecule has 0 atom stereocenters. The van der Waals surface area contributed by atoms with Gasteiger partial charge in [0, 0.05) is 30.4 Å². The van der Waals surface area contributed by atoms with E-state index in [0.29, 0.717) is 34.5 Å². The number of aromatic nitrogens is 3. The van der Waals surface area contributed by atoms with Gasteiger partial charge in [-0.05, 0) is 53.9 Å². The molecule has 42 heavy (non-hydrogen) atoms. The van der Waals surface area contributed by atoms with Crippen LogP contribution in [0.5, 0.6) is 5.75 Å². The minimum absolute atomic E-state index is 0.0287. The Morgan fingerprint density at radius 3 is 2.14 bits per heavy atom. The number of hydrogen-bond donors (Lipinski definition) is 2. The molecule has 2 amide bonds. The van der Waals surface area contributed by atoms with Crippen molar-refractivity contribution in [2.24, 2.45) is 0 Å². The van der Waals surface area contributed by atoms with Crippen LogP contribution in [-0.4, -0.2) is 44.7 Å². The van der Waals surface area contributed by atoms with Crippen LogP contribution in [0.15, 0.2) is 96.6 Å². The van der Waals surface area contributed by atoms with E-state index in [2.05, 4.69) is 15.5 Å². The summed E-state index contributed by atoms with van der Waals surface area (Å²) < 4.78 is 0. The van der Waals surface area contributed by atoms with Crippen molar-refractivity contribution in [1.82, 2.24) is 20.3 Å². The Morgan fingerprint density at radius 1 is 0.881 bits per heavy atom. The summed E-state index contributed by atoms with van der Waals surface area (Å²) in [4.78, 5) is 40.8. The summed E-state index contributed by atoms with van der Waals surface area (Å²) in [5.74, 6) is -1.70. The molecule has 0 saturated carbocycles. The van der Waals surface area contributed by atoms with Crippen LogP contribution in [0.3, 0.4) is 0 Å². The van der Waals surface area contributed by atoms with Crippen LogP contribution in [0.1, 0.15) is 28.7 Å². The van der Waals surface area contributed by atoms with Gasteiger partial charge in [-0.15, -0.1) is 15.0 Å². The molecule has 1 saturated heterocycles. The fourth-order valence-corrected chi connectivity index (χ4v) is 5.21. The number of aromatic hydroxyl groups is 1. The highest BCUT2D eigenvalue weighted by Crippen LogP contribution is 2.33. The molecular weight excluding hydrogens is 530 g/mol. The van der Waals surface area contributed by atoms with Crippen LogP contribution < -0.4 is 10.2 Å². The number of phenolic OH excluding ortho intramolecular Hbond substituents is 1. The van der Waals surface area contributed by atoms with Gasteiger partial charge in [0.2, 0.25) is 5.91 Å². The fraction of sp³-hybridized carbons (Fsp3) is 0.121. The second-order valence-corrected chi connectivity index (χ2v) is 10.3. The molecule has 6 rings (SSSR count). The Hall–Kier alpha value is -5.57. The molecule has 0 spiro atoms. The minimum Gasteiger partial charge on any atom is -0.505 e. The number of benzene rings is 4. The first-order valence-corrected chi connectivity index (χ1v) is 13.4. The van der Waals surface area contributed by atoms with E-state index >= 15 is 0 Å². The first kappa shape index (κ1) is 26.6. The van der Waals surface area contributed by atoms with Crippen molar-refractivity contribution < 1.29 is 19.5 Å². The molecule has 0 unspecified atom stereocenters. The van der Waals surface area contributed by atoms with Crippen molar-refractivity contribution in [2.45, 2.75) is 19.9 Å². The Kier molecular flexibility index (Phi) is 6.84. The number of aryl methyl sites for hydroxylation is 1. The first-order chi connectivity index (χ1) is 20.3. The lowest BCUT2D eigenvalue weighted by molar-refractivity contribution is -0.134. The van der Waals surface area contributed by atoms with Gasteiger partial charge in [-0.1, -0.05) is 60.7 Å². The molecule has 1 aromatic heterocycles. The number of nitrogens with one attached hydrogen (secondary N) is 1. The molecule has 208 valence electrons. The Morgan fingerprint density at radius 2 is 1.50 bits per heavy atom. The van der Waals surface area contributed by atoms with Crippen molar-refractivity contribution in [3.63, 3.8) is 0 Å². The van der Waals surface area contributed by atoms with Crippen LogP contribution in [0.25, 0.3) is 22.3 Å². The Bertz CT molecular complexity index is 1840. The van der Waals surface area contributed by atoms with E-state index in [-0.39, 0.29) is 17.7 Å². The predicted molar refractivity (Wildman–Crippen MR) is 159 cm³/mol. The molecule has 4 aromatic carbocycles. The molecule has 2 N–H and O–H groups in total. The molecule has 0 bridgehead atoms. The molecule has 1 aliphatic heterocycles. The first-order valence-electron chi connectivity index (χ1n) is 13.4. The van der Waals surface area contributed by atoms with E-state index in [0.717, 1.165) is 22.3 Å². The summed E-state index contributed by atoms with van der Waals surface area (Å²) in [7, 11) is 1.91. The molecule has 0 radical (unpaired) electrons. The Balaban J connectivity index is 1.32. The lowest BCUT2D eigenvalue weighted by Crippen LogP contribution is -2.41. The normalized spacial score (nSPS) is 14.7. The number of hydrogen-bond acceptors (Lipinski definition) is 7. The smallest absolute Gasteiger partial charge is 0.262 e. The summed E-state index contributed by atoms with van der Waals surface area (Å²) in [6, 6.07) is 28.0. The van der Waals surface area contributed by atoms with Crippen LogP contribution in [0, 0.1) is 6.92 Å². The number of piperidine rings is 1. The van der Waals surface area contributed by atoms with Gasteiger partial charge in [-0.3, -0.25) is 19.7 Å². The maximum atomic E-state index is 12.8. The van der Waals surface area contributed by atoms with Crippen LogP contribution in [-0.2, 0) is 20.9 Å². The molecule has 1 fully saturated rings. The number of fused-ring (bicyclic) bond motifs is 1. The summed E-state index contributed by atoms with van der Waals surface area (Å²) in [6.45, 7) is 2.36. The molecule has 2 heterocycles. The summed E-state index contributed by atoms with van der Waals surface area (Å²) in [6.07, 6.45) is -0.371. The zero-order chi connectivity index (χ0) is 29.4. The van der Waals surface area contributed by atoms with Crippen LogP contribution >= 0.6 is 0 Å². The Labute approximate surface area is 241 Å². The van der Waals surface area contributed by atoms with Crippen molar-refractivity contribution in [3.05, 3.63) is 119 Å². The second kappa shape index (κ2) is 10.8. The monoisotopic (exact) mass is 557 g/mol. The number of Topliss-reactive ketones (excluding diaryl/α,β-unsaturated/α-hetero) is 1. The highest BCUT2D eigenvalue weighted by Gasteiger charge is 2.32. The summed E-state index contributed by atoms with van der Waals surface area (Å²) >= 11 is 0. The van der Waals surface area contributed by atoms with E-state index in [1.54, 1.807) is 0 Å². The number of anilines is 1. The van der Waals surface area contributed by atoms with E-state index in [4.69, 9.17) is 0 Å². The number of carbonyl (C=O) groups excluding carboxylic acids is 3. The van der Waals surface area contributed by atoms with Gasteiger partial charge in [-0.25, -0.2) is 0 Å². The third-order valence-electron chi connectivity index (χ3n) is 7.21. The molecule has 1 aliphatic rings. The van der Waals surface area contributed by atoms with Crippen molar-refractivity contribution in [1.29, 1.82) is 0 Å². The standard InChI is InChI=1S/C33H27N5O4/c1-20-16-23(32(41)27(17-20)38-35-25-10-6-7-11-26(25)36-38)19-37(2)24-14-12-22(13-15-24)30(21-8-4-3-5-9-21)31-28(39)18-29(40)34-33(31)42/h3-17,41H,18-19H2,1-2H3,(H,34,40,42)/b31-30+. The van der Waals surface area contributed by atoms with Crippen LogP contribution in [0.2, 0.25) is 0 Å². The fourth-order valence-electron chi connectivity index (χ4n) is 5.21. The van der Waals surface area contributed by atoms with Gasteiger partial charge in [0.1, 0.15) is 22.5 Å². The van der Waals surface area contributed by atoms with Gasteiger partial charge in [0.25, 0.3) is 5.91 Å². The highest BCUT2D eigenvalue weighted by atomic mass is 16.3. The largest absolute Gasteiger partial charge is 0.505 e. The van der Waals surface area contributed by atoms with Crippen molar-refractivity contribution in [2.75, 3.05) is 11.9 Å². The number of imide groups is 1.